The number of rotatable bonds is 5. The third-order valence-electron chi connectivity index (χ3n) is 2.42. The van der Waals surface area contributed by atoms with E-state index in [1.54, 1.807) is 24.3 Å². The Morgan fingerprint density at radius 3 is 2.48 bits per heavy atom. The maximum atomic E-state index is 12.5. The number of benzene rings is 1. The average Bonchev–Trinajstić information content (AvgIpc) is 2.43. The summed E-state index contributed by atoms with van der Waals surface area (Å²) in [6, 6.07) is 8.05. The first kappa shape index (κ1) is 16.1. The lowest BCUT2D eigenvalue weighted by atomic mass is 10.3. The van der Waals surface area contributed by atoms with Crippen molar-refractivity contribution >= 4 is 52.3 Å². The molecule has 112 valence electrons. The zero-order valence-electron chi connectivity index (χ0n) is 10.4. The molecule has 0 aliphatic rings. The molecule has 2 rings (SSSR count). The van der Waals surface area contributed by atoms with Gasteiger partial charge in [-0.2, -0.15) is 8.78 Å². The zero-order valence-corrected chi connectivity index (χ0v) is 12.7. The van der Waals surface area contributed by atoms with Gasteiger partial charge in [0.1, 0.15) is 0 Å². The number of hydrogen-bond acceptors (Lipinski definition) is 5. The van der Waals surface area contributed by atoms with Gasteiger partial charge in [-0.1, -0.05) is 47.1 Å². The fourth-order valence-corrected chi connectivity index (χ4v) is 2.61. The van der Waals surface area contributed by atoms with Gasteiger partial charge in [0.15, 0.2) is 11.6 Å². The summed E-state index contributed by atoms with van der Waals surface area (Å²) < 4.78 is 25.1. The Labute approximate surface area is 134 Å². The van der Waals surface area contributed by atoms with E-state index in [4.69, 9.17) is 29.0 Å². The molecule has 2 aromatic rings. The first-order chi connectivity index (χ1) is 10.0. The van der Waals surface area contributed by atoms with Crippen molar-refractivity contribution in [1.82, 2.24) is 4.98 Å². The van der Waals surface area contributed by atoms with Crippen molar-refractivity contribution < 1.29 is 8.78 Å². The van der Waals surface area contributed by atoms with Gasteiger partial charge in [-0.05, 0) is 18.2 Å². The van der Waals surface area contributed by atoms with Crippen LogP contribution in [0, 0.1) is 0 Å². The fraction of sp³-hybridized carbons (Fsp3) is 0.0833. The van der Waals surface area contributed by atoms with Crippen molar-refractivity contribution in [2.24, 2.45) is 5.84 Å². The largest absolute Gasteiger partial charge is 0.338 e. The topological polar surface area (TPSA) is 63.0 Å². The standard InChI is InChI=1S/C12H10Cl2F2N4S/c13-6-5-7(14)11(20-17)19-10(6)18-8-3-1-2-4-9(8)21-12(15)16/h1-5,12H,17H2,(H2,18,19,20). The summed E-state index contributed by atoms with van der Waals surface area (Å²) >= 11 is 12.3. The second-order valence-electron chi connectivity index (χ2n) is 3.79. The van der Waals surface area contributed by atoms with Gasteiger partial charge in [-0.15, -0.1) is 0 Å². The number of nitrogen functional groups attached to an aromatic ring is 1. The van der Waals surface area contributed by atoms with Crippen LogP contribution in [-0.4, -0.2) is 10.7 Å². The van der Waals surface area contributed by atoms with E-state index in [2.05, 4.69) is 15.7 Å². The van der Waals surface area contributed by atoms with E-state index in [0.29, 0.717) is 22.3 Å². The lowest BCUT2D eigenvalue weighted by Crippen LogP contribution is -2.10. The summed E-state index contributed by atoms with van der Waals surface area (Å²) in [6.07, 6.45) is 0. The summed E-state index contributed by atoms with van der Waals surface area (Å²) in [5.41, 5.74) is 2.79. The van der Waals surface area contributed by atoms with Crippen molar-refractivity contribution in [1.29, 1.82) is 0 Å². The van der Waals surface area contributed by atoms with Crippen molar-refractivity contribution in [3.63, 3.8) is 0 Å². The number of nitrogens with zero attached hydrogens (tertiary/aromatic N) is 1. The van der Waals surface area contributed by atoms with E-state index in [9.17, 15) is 8.78 Å². The number of hydrogen-bond donors (Lipinski definition) is 3. The van der Waals surface area contributed by atoms with E-state index in [0.717, 1.165) is 0 Å². The minimum absolute atomic E-state index is 0.225. The quantitative estimate of drug-likeness (QED) is 0.413. The van der Waals surface area contributed by atoms with Crippen molar-refractivity contribution in [3.05, 3.63) is 40.4 Å². The average molecular weight is 351 g/mol. The Morgan fingerprint density at radius 2 is 1.81 bits per heavy atom. The monoisotopic (exact) mass is 350 g/mol. The maximum Gasteiger partial charge on any atom is 0.288 e. The molecule has 0 radical (unpaired) electrons. The van der Waals surface area contributed by atoms with Crippen LogP contribution in [0.4, 0.5) is 26.1 Å². The van der Waals surface area contributed by atoms with Crippen LogP contribution < -0.4 is 16.6 Å². The van der Waals surface area contributed by atoms with Crippen LogP contribution in [0.15, 0.2) is 35.2 Å². The van der Waals surface area contributed by atoms with E-state index in [1.165, 1.54) is 6.07 Å². The van der Waals surface area contributed by atoms with Gasteiger partial charge in [-0.3, -0.25) is 0 Å². The maximum absolute atomic E-state index is 12.5. The minimum atomic E-state index is -2.53. The van der Waals surface area contributed by atoms with Gasteiger partial charge in [0.2, 0.25) is 0 Å². The highest BCUT2D eigenvalue weighted by Gasteiger charge is 2.13. The highest BCUT2D eigenvalue weighted by molar-refractivity contribution is 7.99. The van der Waals surface area contributed by atoms with Gasteiger partial charge in [-0.25, -0.2) is 10.8 Å². The second-order valence-corrected chi connectivity index (χ2v) is 5.64. The molecule has 4 N–H and O–H groups in total. The number of aromatic nitrogens is 1. The highest BCUT2D eigenvalue weighted by atomic mass is 35.5. The molecule has 0 bridgehead atoms. The molecule has 1 aromatic heterocycles. The molecule has 0 spiro atoms. The molecule has 0 fully saturated rings. The van der Waals surface area contributed by atoms with E-state index < -0.39 is 5.76 Å². The van der Waals surface area contributed by atoms with E-state index in [1.807, 2.05) is 0 Å². The SMILES string of the molecule is NNc1nc(Nc2ccccc2SC(F)F)c(Cl)cc1Cl. The molecule has 0 saturated heterocycles. The molecule has 21 heavy (non-hydrogen) atoms. The number of halogens is 4. The molecule has 1 heterocycles. The van der Waals surface area contributed by atoms with Crippen LogP contribution in [0.1, 0.15) is 0 Å². The fourth-order valence-electron chi connectivity index (χ4n) is 1.55. The number of para-hydroxylation sites is 1. The number of hydrazine groups is 1. The van der Waals surface area contributed by atoms with Gasteiger partial charge in [0.05, 0.1) is 15.7 Å². The number of pyridine rings is 1. The van der Waals surface area contributed by atoms with Crippen LogP contribution in [0.5, 0.6) is 0 Å². The van der Waals surface area contributed by atoms with Gasteiger partial charge in [0.25, 0.3) is 5.76 Å². The van der Waals surface area contributed by atoms with Crippen molar-refractivity contribution in [2.45, 2.75) is 10.7 Å². The number of nitrogens with one attached hydrogen (secondary N) is 2. The molecule has 0 amide bonds. The van der Waals surface area contributed by atoms with Gasteiger partial charge >= 0.3 is 0 Å². The molecule has 4 nitrogen and oxygen atoms in total. The van der Waals surface area contributed by atoms with E-state index >= 15 is 0 Å². The normalized spacial score (nSPS) is 10.8. The highest BCUT2D eigenvalue weighted by Crippen LogP contribution is 2.36. The molecule has 9 heteroatoms. The summed E-state index contributed by atoms with van der Waals surface area (Å²) in [4.78, 5) is 4.48. The third kappa shape index (κ3) is 4.10. The Hall–Kier alpha value is -1.28. The Morgan fingerprint density at radius 1 is 1.14 bits per heavy atom. The van der Waals surface area contributed by atoms with Crippen LogP contribution in [-0.2, 0) is 0 Å². The predicted molar refractivity (Wildman–Crippen MR) is 83.7 cm³/mol. The lowest BCUT2D eigenvalue weighted by molar-refractivity contribution is 0.252. The van der Waals surface area contributed by atoms with Gasteiger partial charge in [0, 0.05) is 4.90 Å². The zero-order chi connectivity index (χ0) is 15.4. The summed E-state index contributed by atoms with van der Waals surface area (Å²) in [5, 5.41) is 3.40. The Balaban J connectivity index is 2.34. The van der Waals surface area contributed by atoms with Crippen LogP contribution in [0.25, 0.3) is 0 Å². The first-order valence-electron chi connectivity index (χ1n) is 5.64. The van der Waals surface area contributed by atoms with Crippen LogP contribution >= 0.6 is 35.0 Å². The number of anilines is 3. The Kier molecular flexibility index (Phi) is 5.46. The molecule has 0 unspecified atom stereocenters. The number of nitrogens with two attached hydrogens (primary N) is 1. The van der Waals surface area contributed by atoms with Crippen LogP contribution in [0.3, 0.4) is 0 Å². The predicted octanol–water partition coefficient (Wildman–Crippen LogP) is 4.73. The molecular formula is C12H10Cl2F2N4S. The van der Waals surface area contributed by atoms with Gasteiger partial charge < -0.3 is 10.7 Å². The van der Waals surface area contributed by atoms with Crippen molar-refractivity contribution in [3.8, 4) is 0 Å². The molecular weight excluding hydrogens is 341 g/mol. The second kappa shape index (κ2) is 7.13. The lowest BCUT2D eigenvalue weighted by Gasteiger charge is -2.13. The smallest absolute Gasteiger partial charge is 0.288 e. The summed E-state index contributed by atoms with van der Waals surface area (Å²) in [5.74, 6) is 3.25. The van der Waals surface area contributed by atoms with Crippen LogP contribution in [0.2, 0.25) is 10.0 Å². The minimum Gasteiger partial charge on any atom is -0.338 e. The summed E-state index contributed by atoms with van der Waals surface area (Å²) in [7, 11) is 0. The summed E-state index contributed by atoms with van der Waals surface area (Å²) in [6.45, 7) is 0. The number of alkyl halides is 2. The molecule has 0 aliphatic heterocycles. The third-order valence-corrected chi connectivity index (χ3v) is 3.79. The molecule has 0 aliphatic carbocycles. The molecule has 0 saturated carbocycles. The van der Waals surface area contributed by atoms with E-state index in [-0.39, 0.29) is 21.7 Å². The molecule has 1 aromatic carbocycles. The Bertz CT molecular complexity index is 643. The molecule has 0 atom stereocenters. The first-order valence-corrected chi connectivity index (χ1v) is 7.28. The number of thioether (sulfide) groups is 1. The van der Waals surface area contributed by atoms with Crippen molar-refractivity contribution in [2.75, 3.05) is 10.7 Å².